The van der Waals surface area contributed by atoms with Crippen molar-refractivity contribution < 1.29 is 8.42 Å². The molecule has 134 valence electrons. The molecule has 2 aromatic rings. The molecule has 3 rings (SSSR count). The molecule has 0 aromatic heterocycles. The van der Waals surface area contributed by atoms with Gasteiger partial charge in [0.1, 0.15) is 0 Å². The summed E-state index contributed by atoms with van der Waals surface area (Å²) < 4.78 is 22.9. The minimum absolute atomic E-state index is 0.0316. The van der Waals surface area contributed by atoms with Crippen molar-refractivity contribution >= 4 is 38.7 Å². The molecule has 1 heterocycles. The molecule has 8 heteroatoms. The number of hydrogen-bond acceptors (Lipinski definition) is 5. The van der Waals surface area contributed by atoms with Crippen LogP contribution in [0.25, 0.3) is 0 Å². The topological polar surface area (TPSA) is 92.7 Å². The van der Waals surface area contributed by atoms with Crippen LogP contribution in [0.2, 0.25) is 5.02 Å². The lowest BCUT2D eigenvalue weighted by atomic mass is 10.2. The van der Waals surface area contributed by atoms with Crippen LogP contribution in [-0.4, -0.2) is 34.6 Å². The van der Waals surface area contributed by atoms with Crippen molar-refractivity contribution in [3.63, 3.8) is 0 Å². The summed E-state index contributed by atoms with van der Waals surface area (Å²) in [5.41, 5.74) is 8.43. The molecule has 25 heavy (non-hydrogen) atoms. The third kappa shape index (κ3) is 4.18. The van der Waals surface area contributed by atoms with E-state index < -0.39 is 10.0 Å². The van der Waals surface area contributed by atoms with E-state index >= 15 is 0 Å². The Hall–Kier alpha value is -1.96. The smallest absolute Gasteiger partial charge is 0.238 e. The number of sulfonamides is 1. The molecular weight excluding hydrogens is 360 g/mol. The third-order valence-corrected chi connectivity index (χ3v) is 5.48. The number of primary sulfonamides is 1. The van der Waals surface area contributed by atoms with E-state index in [2.05, 4.69) is 15.9 Å². The summed E-state index contributed by atoms with van der Waals surface area (Å²) in [5.74, 6) is 0. The predicted octanol–water partition coefficient (Wildman–Crippen LogP) is 2.29. The van der Waals surface area contributed by atoms with Gasteiger partial charge in [0.05, 0.1) is 16.3 Å². The van der Waals surface area contributed by atoms with Crippen molar-refractivity contribution in [2.75, 3.05) is 41.7 Å². The van der Waals surface area contributed by atoms with Crippen molar-refractivity contribution in [1.82, 2.24) is 0 Å². The van der Waals surface area contributed by atoms with Crippen LogP contribution in [0, 0.1) is 0 Å². The standard InChI is InChI=1S/C17H21ClN4O2S/c18-13-3-1-4-14(11-13)21-7-2-8-22(10-9-21)17-6-5-15(12-16(17)19)25(20,23)24/h1,3-6,11-12H,2,7-10,19H2,(H2,20,23,24). The Morgan fingerprint density at radius 3 is 2.36 bits per heavy atom. The number of nitrogen functional groups attached to an aromatic ring is 1. The van der Waals surface area contributed by atoms with Gasteiger partial charge in [-0.1, -0.05) is 17.7 Å². The molecule has 1 aliphatic heterocycles. The van der Waals surface area contributed by atoms with E-state index in [0.717, 1.165) is 49.0 Å². The highest BCUT2D eigenvalue weighted by Gasteiger charge is 2.18. The molecular formula is C17H21ClN4O2S. The Morgan fingerprint density at radius 2 is 1.68 bits per heavy atom. The highest BCUT2D eigenvalue weighted by atomic mass is 35.5. The fraction of sp³-hybridized carbons (Fsp3) is 0.294. The highest BCUT2D eigenvalue weighted by Crippen LogP contribution is 2.28. The molecule has 0 atom stereocenters. The number of nitrogens with zero attached hydrogens (tertiary/aromatic N) is 2. The van der Waals surface area contributed by atoms with E-state index in [0.29, 0.717) is 5.69 Å². The summed E-state index contributed by atoms with van der Waals surface area (Å²) in [5, 5.41) is 5.88. The van der Waals surface area contributed by atoms with Crippen LogP contribution in [0.5, 0.6) is 0 Å². The third-order valence-electron chi connectivity index (χ3n) is 4.34. The first-order valence-corrected chi connectivity index (χ1v) is 9.95. The van der Waals surface area contributed by atoms with Crippen molar-refractivity contribution in [1.29, 1.82) is 0 Å². The SMILES string of the molecule is Nc1cc(S(N)(=O)=O)ccc1N1CCCN(c2cccc(Cl)c2)CC1. The average Bonchev–Trinajstić information content (AvgIpc) is 2.80. The fourth-order valence-corrected chi connectivity index (χ4v) is 3.82. The molecule has 0 spiro atoms. The number of hydrogen-bond donors (Lipinski definition) is 2. The summed E-state index contributed by atoms with van der Waals surface area (Å²) in [6, 6.07) is 12.5. The zero-order chi connectivity index (χ0) is 18.0. The zero-order valence-corrected chi connectivity index (χ0v) is 15.3. The summed E-state index contributed by atoms with van der Waals surface area (Å²) >= 11 is 6.09. The largest absolute Gasteiger partial charge is 0.397 e. The van der Waals surface area contributed by atoms with Crippen molar-refractivity contribution in [2.24, 2.45) is 5.14 Å². The van der Waals surface area contributed by atoms with Gasteiger partial charge in [0, 0.05) is 36.9 Å². The summed E-state index contributed by atoms with van der Waals surface area (Å²) in [7, 11) is -3.75. The number of nitrogens with two attached hydrogens (primary N) is 2. The van der Waals surface area contributed by atoms with Crippen LogP contribution >= 0.6 is 11.6 Å². The van der Waals surface area contributed by atoms with E-state index in [4.69, 9.17) is 22.5 Å². The Kier molecular flexibility index (Phi) is 5.08. The van der Waals surface area contributed by atoms with Gasteiger partial charge < -0.3 is 15.5 Å². The van der Waals surface area contributed by atoms with E-state index in [1.54, 1.807) is 6.07 Å². The average molecular weight is 381 g/mol. The van der Waals surface area contributed by atoms with Gasteiger partial charge >= 0.3 is 0 Å². The normalized spacial score (nSPS) is 15.9. The van der Waals surface area contributed by atoms with Crippen LogP contribution in [0.3, 0.4) is 0 Å². The van der Waals surface area contributed by atoms with E-state index in [-0.39, 0.29) is 4.90 Å². The maximum absolute atomic E-state index is 11.4. The number of rotatable bonds is 3. The van der Waals surface area contributed by atoms with Gasteiger partial charge in [-0.3, -0.25) is 0 Å². The first-order chi connectivity index (χ1) is 11.8. The Balaban J connectivity index is 1.77. The minimum atomic E-state index is -3.75. The van der Waals surface area contributed by atoms with Gasteiger partial charge in [0.15, 0.2) is 0 Å². The lowest BCUT2D eigenvalue weighted by Crippen LogP contribution is -2.31. The molecule has 0 aliphatic carbocycles. The van der Waals surface area contributed by atoms with E-state index in [1.807, 2.05) is 18.2 Å². The van der Waals surface area contributed by atoms with Crippen molar-refractivity contribution in [3.05, 3.63) is 47.5 Å². The summed E-state index contributed by atoms with van der Waals surface area (Å²) in [6.07, 6.45) is 0.961. The molecule has 6 nitrogen and oxygen atoms in total. The lowest BCUT2D eigenvalue weighted by Gasteiger charge is -2.26. The van der Waals surface area contributed by atoms with Crippen LogP contribution in [0.1, 0.15) is 6.42 Å². The second kappa shape index (κ2) is 7.11. The number of anilines is 3. The monoisotopic (exact) mass is 380 g/mol. The lowest BCUT2D eigenvalue weighted by molar-refractivity contribution is 0.598. The molecule has 0 saturated carbocycles. The predicted molar refractivity (Wildman–Crippen MR) is 103 cm³/mol. The van der Waals surface area contributed by atoms with E-state index in [9.17, 15) is 8.42 Å². The molecule has 0 radical (unpaired) electrons. The first-order valence-electron chi connectivity index (χ1n) is 8.02. The van der Waals surface area contributed by atoms with Gasteiger partial charge in [0.2, 0.25) is 10.0 Å². The van der Waals surface area contributed by atoms with Gasteiger partial charge in [0.25, 0.3) is 0 Å². The molecule has 1 saturated heterocycles. The van der Waals surface area contributed by atoms with Crippen LogP contribution in [-0.2, 0) is 10.0 Å². The minimum Gasteiger partial charge on any atom is -0.397 e. The zero-order valence-electron chi connectivity index (χ0n) is 13.7. The Morgan fingerprint density at radius 1 is 0.960 bits per heavy atom. The fourth-order valence-electron chi connectivity index (χ4n) is 3.09. The molecule has 4 N–H and O–H groups in total. The van der Waals surface area contributed by atoms with Crippen LogP contribution < -0.4 is 20.7 Å². The van der Waals surface area contributed by atoms with Crippen LogP contribution in [0.15, 0.2) is 47.4 Å². The number of benzene rings is 2. The summed E-state index contributed by atoms with van der Waals surface area (Å²) in [4.78, 5) is 4.50. The Labute approximate surface area is 153 Å². The molecule has 0 bridgehead atoms. The van der Waals surface area contributed by atoms with Crippen molar-refractivity contribution in [2.45, 2.75) is 11.3 Å². The maximum atomic E-state index is 11.4. The van der Waals surface area contributed by atoms with Gasteiger partial charge in [-0.05, 0) is 42.8 Å². The number of halogens is 1. The second-order valence-electron chi connectivity index (χ2n) is 6.07. The second-order valence-corrected chi connectivity index (χ2v) is 8.07. The Bertz CT molecular complexity index is 873. The van der Waals surface area contributed by atoms with Gasteiger partial charge in [-0.15, -0.1) is 0 Å². The molecule has 2 aromatic carbocycles. The molecule has 0 unspecified atom stereocenters. The summed E-state index contributed by atoms with van der Waals surface area (Å²) in [6.45, 7) is 3.38. The maximum Gasteiger partial charge on any atom is 0.238 e. The van der Waals surface area contributed by atoms with Gasteiger partial charge in [-0.2, -0.15) is 0 Å². The van der Waals surface area contributed by atoms with E-state index in [1.165, 1.54) is 12.1 Å². The van der Waals surface area contributed by atoms with Gasteiger partial charge in [-0.25, -0.2) is 13.6 Å². The van der Waals surface area contributed by atoms with Crippen LogP contribution in [0.4, 0.5) is 17.1 Å². The first kappa shape index (κ1) is 17.8. The molecule has 1 fully saturated rings. The molecule has 1 aliphatic rings. The van der Waals surface area contributed by atoms with Crippen molar-refractivity contribution in [3.8, 4) is 0 Å². The highest BCUT2D eigenvalue weighted by molar-refractivity contribution is 7.89. The quantitative estimate of drug-likeness (QED) is 0.797. The molecule has 0 amide bonds.